The lowest BCUT2D eigenvalue weighted by Crippen LogP contribution is -2.09. The van der Waals surface area contributed by atoms with E-state index < -0.39 is 5.97 Å². The fourth-order valence-corrected chi connectivity index (χ4v) is 1.32. The Bertz CT molecular complexity index is 435. The largest absolute Gasteiger partial charge is 0.493 e. The molecule has 0 spiro atoms. The fraction of sp³-hybridized carbons (Fsp3) is 0.385. The van der Waals surface area contributed by atoms with Crippen molar-refractivity contribution in [2.75, 3.05) is 6.61 Å². The second-order valence-electron chi connectivity index (χ2n) is 4.28. The molecule has 92 valence electrons. The topological polar surface area (TPSA) is 63.6 Å². The van der Waals surface area contributed by atoms with Crippen LogP contribution in [0.2, 0.25) is 0 Å². The molecule has 0 saturated carbocycles. The Labute approximate surface area is 100 Å². The fourth-order valence-electron chi connectivity index (χ4n) is 1.32. The molecule has 0 aliphatic rings. The molecule has 1 aromatic rings. The summed E-state index contributed by atoms with van der Waals surface area (Å²) in [5.41, 5.74) is 0.401. The number of rotatable bonds is 5. The molecule has 1 rings (SSSR count). The minimum atomic E-state index is -1.05. The number of carbonyl (C=O) groups is 2. The number of carboxylic acid groups (broad SMARTS) is 1. The van der Waals surface area contributed by atoms with Crippen molar-refractivity contribution >= 4 is 11.8 Å². The normalized spacial score (nSPS) is 10.4. The molecule has 0 aromatic heterocycles. The maximum atomic E-state index is 11.4. The molecule has 0 radical (unpaired) electrons. The maximum Gasteiger partial charge on any atom is 0.335 e. The zero-order valence-electron chi connectivity index (χ0n) is 10.2. The molecule has 0 fully saturated rings. The van der Waals surface area contributed by atoms with E-state index >= 15 is 0 Å². The van der Waals surface area contributed by atoms with Crippen molar-refractivity contribution in [3.63, 3.8) is 0 Å². The van der Waals surface area contributed by atoms with Crippen molar-refractivity contribution in [3.05, 3.63) is 29.3 Å². The maximum absolute atomic E-state index is 11.4. The van der Waals surface area contributed by atoms with E-state index in [1.165, 1.54) is 25.1 Å². The highest BCUT2D eigenvalue weighted by atomic mass is 16.5. The molecule has 0 atom stereocenters. The van der Waals surface area contributed by atoms with Crippen LogP contribution in [0.5, 0.6) is 5.75 Å². The van der Waals surface area contributed by atoms with Gasteiger partial charge in [-0.15, -0.1) is 0 Å². The van der Waals surface area contributed by atoms with Crippen LogP contribution < -0.4 is 4.74 Å². The number of hydrogen-bond donors (Lipinski definition) is 1. The van der Waals surface area contributed by atoms with Gasteiger partial charge in [0.2, 0.25) is 0 Å². The predicted molar refractivity (Wildman–Crippen MR) is 63.7 cm³/mol. The van der Waals surface area contributed by atoms with Crippen molar-refractivity contribution in [3.8, 4) is 5.75 Å². The van der Waals surface area contributed by atoms with Gasteiger partial charge in [-0.25, -0.2) is 4.79 Å². The van der Waals surface area contributed by atoms with Crippen molar-refractivity contribution < 1.29 is 19.4 Å². The van der Waals surface area contributed by atoms with Gasteiger partial charge < -0.3 is 9.84 Å². The first-order chi connectivity index (χ1) is 7.91. The monoisotopic (exact) mass is 236 g/mol. The number of benzene rings is 1. The molecule has 4 nitrogen and oxygen atoms in total. The van der Waals surface area contributed by atoms with Gasteiger partial charge >= 0.3 is 5.97 Å². The first-order valence-electron chi connectivity index (χ1n) is 5.43. The lowest BCUT2D eigenvalue weighted by atomic mass is 10.1. The zero-order valence-corrected chi connectivity index (χ0v) is 10.2. The molecule has 17 heavy (non-hydrogen) atoms. The highest BCUT2D eigenvalue weighted by Gasteiger charge is 2.13. The van der Waals surface area contributed by atoms with Crippen LogP contribution in [0.1, 0.15) is 41.5 Å². The second kappa shape index (κ2) is 5.48. The molecule has 0 amide bonds. The Hall–Kier alpha value is -1.84. The third-order valence-electron chi connectivity index (χ3n) is 2.18. The Kier molecular flexibility index (Phi) is 4.26. The molecule has 0 unspecified atom stereocenters. The highest BCUT2D eigenvalue weighted by Crippen LogP contribution is 2.21. The quantitative estimate of drug-likeness (QED) is 0.798. The zero-order chi connectivity index (χ0) is 13.0. The van der Waals surface area contributed by atoms with E-state index in [2.05, 4.69) is 0 Å². The number of aromatic carboxylic acids is 1. The average molecular weight is 236 g/mol. The SMILES string of the molecule is CC(=O)c1cc(C(=O)O)ccc1OCC(C)C. The molecule has 1 aromatic carbocycles. The summed E-state index contributed by atoms with van der Waals surface area (Å²) in [5.74, 6) is -0.472. The van der Waals surface area contributed by atoms with Crippen LogP contribution >= 0.6 is 0 Å². The molecule has 0 heterocycles. The summed E-state index contributed by atoms with van der Waals surface area (Å²) in [6.45, 7) is 5.88. The van der Waals surface area contributed by atoms with Crippen LogP contribution in [-0.2, 0) is 0 Å². The Morgan fingerprint density at radius 3 is 2.47 bits per heavy atom. The Balaban J connectivity index is 3.04. The van der Waals surface area contributed by atoms with Crippen LogP contribution in [0.25, 0.3) is 0 Å². The molecule has 0 aliphatic heterocycles. The van der Waals surface area contributed by atoms with Gasteiger partial charge in [0, 0.05) is 0 Å². The van der Waals surface area contributed by atoms with Crippen molar-refractivity contribution in [1.29, 1.82) is 0 Å². The highest BCUT2D eigenvalue weighted by molar-refractivity contribution is 5.99. The van der Waals surface area contributed by atoms with Gasteiger partial charge in [0.1, 0.15) is 5.75 Å². The van der Waals surface area contributed by atoms with Gasteiger partial charge in [-0.05, 0) is 31.0 Å². The molecule has 1 N–H and O–H groups in total. The second-order valence-corrected chi connectivity index (χ2v) is 4.28. The smallest absolute Gasteiger partial charge is 0.335 e. The summed E-state index contributed by atoms with van der Waals surface area (Å²) in [7, 11) is 0. The Morgan fingerprint density at radius 1 is 1.35 bits per heavy atom. The summed E-state index contributed by atoms with van der Waals surface area (Å²) in [6, 6.07) is 4.31. The first kappa shape index (κ1) is 13.2. The molecule has 4 heteroatoms. The Morgan fingerprint density at radius 2 is 2.00 bits per heavy atom. The van der Waals surface area contributed by atoms with E-state index in [1.54, 1.807) is 0 Å². The minimum Gasteiger partial charge on any atom is -0.493 e. The summed E-state index contributed by atoms with van der Waals surface area (Å²) in [5, 5.41) is 8.85. The van der Waals surface area contributed by atoms with E-state index in [4.69, 9.17) is 9.84 Å². The number of carboxylic acids is 1. The van der Waals surface area contributed by atoms with Gasteiger partial charge in [-0.1, -0.05) is 13.8 Å². The lowest BCUT2D eigenvalue weighted by molar-refractivity contribution is 0.0697. The number of ketones is 1. The van der Waals surface area contributed by atoms with Crippen LogP contribution in [0.4, 0.5) is 0 Å². The number of ether oxygens (including phenoxy) is 1. The minimum absolute atomic E-state index is 0.0899. The number of hydrogen-bond acceptors (Lipinski definition) is 3. The number of Topliss-reactive ketones (excluding diaryl/α,β-unsaturated/α-hetero) is 1. The van der Waals surface area contributed by atoms with E-state index in [0.717, 1.165) is 0 Å². The van der Waals surface area contributed by atoms with Gasteiger partial charge in [0.05, 0.1) is 17.7 Å². The van der Waals surface area contributed by atoms with Gasteiger partial charge in [0.25, 0.3) is 0 Å². The predicted octanol–water partition coefficient (Wildman–Crippen LogP) is 2.62. The molecule has 0 saturated heterocycles. The van der Waals surface area contributed by atoms with Crippen molar-refractivity contribution in [2.45, 2.75) is 20.8 Å². The van der Waals surface area contributed by atoms with Crippen LogP contribution in [-0.4, -0.2) is 23.5 Å². The van der Waals surface area contributed by atoms with Gasteiger partial charge in [0.15, 0.2) is 5.78 Å². The summed E-state index contributed by atoms with van der Waals surface area (Å²) in [6.07, 6.45) is 0. The molecular weight excluding hydrogens is 220 g/mol. The van der Waals surface area contributed by atoms with Crippen molar-refractivity contribution in [1.82, 2.24) is 0 Å². The van der Waals surface area contributed by atoms with E-state index in [1.807, 2.05) is 13.8 Å². The van der Waals surface area contributed by atoms with Crippen LogP contribution in [0, 0.1) is 5.92 Å². The standard InChI is InChI=1S/C13H16O4/c1-8(2)7-17-12-5-4-10(13(15)16)6-11(12)9(3)14/h4-6,8H,7H2,1-3H3,(H,15,16). The number of carbonyl (C=O) groups excluding carboxylic acids is 1. The summed E-state index contributed by atoms with van der Waals surface area (Å²) >= 11 is 0. The molecule has 0 aliphatic carbocycles. The van der Waals surface area contributed by atoms with E-state index in [9.17, 15) is 9.59 Å². The average Bonchev–Trinajstić information content (AvgIpc) is 2.25. The molecule has 0 bridgehead atoms. The van der Waals surface area contributed by atoms with Crippen LogP contribution in [0.15, 0.2) is 18.2 Å². The summed E-state index contributed by atoms with van der Waals surface area (Å²) < 4.78 is 5.48. The molecular formula is C13H16O4. The van der Waals surface area contributed by atoms with Crippen LogP contribution in [0.3, 0.4) is 0 Å². The van der Waals surface area contributed by atoms with Gasteiger partial charge in [-0.2, -0.15) is 0 Å². The third kappa shape index (κ3) is 3.59. The van der Waals surface area contributed by atoms with Crippen molar-refractivity contribution in [2.24, 2.45) is 5.92 Å². The van der Waals surface area contributed by atoms with E-state index in [0.29, 0.717) is 23.8 Å². The van der Waals surface area contributed by atoms with Gasteiger partial charge in [-0.3, -0.25) is 4.79 Å². The first-order valence-corrected chi connectivity index (χ1v) is 5.43. The lowest BCUT2D eigenvalue weighted by Gasteiger charge is -2.12. The third-order valence-corrected chi connectivity index (χ3v) is 2.18. The van der Waals surface area contributed by atoms with E-state index in [-0.39, 0.29) is 11.3 Å². The summed E-state index contributed by atoms with van der Waals surface area (Å²) in [4.78, 5) is 22.2.